The van der Waals surface area contributed by atoms with E-state index in [-0.39, 0.29) is 16.9 Å². The van der Waals surface area contributed by atoms with E-state index < -0.39 is 27.4 Å². The van der Waals surface area contributed by atoms with Crippen LogP contribution in [0.1, 0.15) is 30.6 Å². The van der Waals surface area contributed by atoms with Crippen molar-refractivity contribution in [2.75, 3.05) is 14.1 Å². The number of rotatable bonds is 6. The van der Waals surface area contributed by atoms with Crippen molar-refractivity contribution >= 4 is 21.9 Å². The van der Waals surface area contributed by atoms with E-state index in [0.29, 0.717) is 0 Å². The predicted molar refractivity (Wildman–Crippen MR) is 81.1 cm³/mol. The summed E-state index contributed by atoms with van der Waals surface area (Å²) in [5, 5.41) is 11.4. The third-order valence-electron chi connectivity index (χ3n) is 2.94. The number of nitrogens with zero attached hydrogens (tertiary/aromatic N) is 1. The van der Waals surface area contributed by atoms with Gasteiger partial charge in [-0.2, -0.15) is 0 Å². The standard InChI is InChI=1S/C14H20N2O5S/c1-14(2,9-12(17)18)15-13(19)10-5-7-11(8-6-10)22(20,21)16(3)4/h5-8H,9H2,1-4H3,(H,15,19)(H,17,18). The molecule has 0 spiro atoms. The first-order valence-corrected chi connectivity index (χ1v) is 7.96. The summed E-state index contributed by atoms with van der Waals surface area (Å²) >= 11 is 0. The second kappa shape index (κ2) is 6.45. The Morgan fingerprint density at radius 2 is 1.68 bits per heavy atom. The highest BCUT2D eigenvalue weighted by Gasteiger charge is 2.25. The minimum absolute atomic E-state index is 0.0823. The van der Waals surface area contributed by atoms with Gasteiger partial charge in [-0.05, 0) is 38.1 Å². The molecule has 122 valence electrons. The highest BCUT2D eigenvalue weighted by Crippen LogP contribution is 2.15. The molecule has 22 heavy (non-hydrogen) atoms. The molecular formula is C14H20N2O5S. The van der Waals surface area contributed by atoms with Gasteiger partial charge in [-0.1, -0.05) is 0 Å². The largest absolute Gasteiger partial charge is 0.481 e. The Morgan fingerprint density at radius 1 is 1.18 bits per heavy atom. The molecule has 0 fully saturated rings. The maximum Gasteiger partial charge on any atom is 0.305 e. The quantitative estimate of drug-likeness (QED) is 0.808. The molecule has 2 N–H and O–H groups in total. The number of benzene rings is 1. The Labute approximate surface area is 130 Å². The summed E-state index contributed by atoms with van der Waals surface area (Å²) < 4.78 is 24.9. The number of hydrogen-bond donors (Lipinski definition) is 2. The zero-order valence-corrected chi connectivity index (χ0v) is 13.8. The van der Waals surface area contributed by atoms with Crippen LogP contribution in [0.15, 0.2) is 29.2 Å². The number of carboxylic acids is 1. The van der Waals surface area contributed by atoms with Crippen molar-refractivity contribution < 1.29 is 23.1 Å². The Morgan fingerprint density at radius 3 is 2.09 bits per heavy atom. The van der Waals surface area contributed by atoms with Crippen LogP contribution >= 0.6 is 0 Å². The van der Waals surface area contributed by atoms with Crippen LogP contribution in [0.4, 0.5) is 0 Å². The molecule has 1 aromatic carbocycles. The molecule has 0 bridgehead atoms. The summed E-state index contributed by atoms with van der Waals surface area (Å²) in [5.41, 5.74) is -0.645. The van der Waals surface area contributed by atoms with Crippen molar-refractivity contribution in [3.05, 3.63) is 29.8 Å². The first kappa shape index (κ1) is 18.1. The lowest BCUT2D eigenvalue weighted by molar-refractivity contribution is -0.138. The number of amides is 1. The fourth-order valence-corrected chi connectivity index (χ4v) is 2.69. The minimum Gasteiger partial charge on any atom is -0.481 e. The Bertz CT molecular complexity index is 663. The predicted octanol–water partition coefficient (Wildman–Crippen LogP) is 0.920. The van der Waals surface area contributed by atoms with E-state index in [9.17, 15) is 18.0 Å². The van der Waals surface area contributed by atoms with E-state index in [2.05, 4.69) is 5.32 Å². The molecular weight excluding hydrogens is 308 g/mol. The van der Waals surface area contributed by atoms with Crippen LogP contribution in [0.3, 0.4) is 0 Å². The average molecular weight is 328 g/mol. The maximum atomic E-state index is 12.1. The highest BCUT2D eigenvalue weighted by molar-refractivity contribution is 7.89. The molecule has 0 radical (unpaired) electrons. The molecule has 0 saturated carbocycles. The summed E-state index contributed by atoms with van der Waals surface area (Å²) in [4.78, 5) is 22.9. The van der Waals surface area contributed by atoms with Gasteiger partial charge in [0.1, 0.15) is 0 Å². The van der Waals surface area contributed by atoms with Gasteiger partial charge in [-0.3, -0.25) is 9.59 Å². The van der Waals surface area contributed by atoms with Gasteiger partial charge in [0.25, 0.3) is 5.91 Å². The highest BCUT2D eigenvalue weighted by atomic mass is 32.2. The molecule has 1 amide bonds. The average Bonchev–Trinajstić information content (AvgIpc) is 2.36. The van der Waals surface area contributed by atoms with Crippen molar-refractivity contribution in [3.8, 4) is 0 Å². The molecule has 0 aliphatic carbocycles. The smallest absolute Gasteiger partial charge is 0.305 e. The summed E-state index contributed by atoms with van der Waals surface area (Å²) in [6.07, 6.45) is -0.216. The van der Waals surface area contributed by atoms with Crippen LogP contribution in [0.25, 0.3) is 0 Å². The Hall–Kier alpha value is -1.93. The second-order valence-corrected chi connectivity index (χ2v) is 7.87. The van der Waals surface area contributed by atoms with E-state index in [4.69, 9.17) is 5.11 Å². The number of carbonyl (C=O) groups is 2. The molecule has 1 aromatic rings. The monoisotopic (exact) mass is 328 g/mol. The molecule has 7 nitrogen and oxygen atoms in total. The van der Waals surface area contributed by atoms with E-state index in [1.54, 1.807) is 13.8 Å². The van der Waals surface area contributed by atoms with Crippen molar-refractivity contribution in [3.63, 3.8) is 0 Å². The first-order valence-electron chi connectivity index (χ1n) is 6.52. The number of hydrogen-bond acceptors (Lipinski definition) is 4. The van der Waals surface area contributed by atoms with Gasteiger partial charge in [0, 0.05) is 25.2 Å². The Balaban J connectivity index is 2.92. The number of nitrogens with one attached hydrogen (secondary N) is 1. The van der Waals surface area contributed by atoms with Crippen LogP contribution < -0.4 is 5.32 Å². The molecule has 0 aliphatic heterocycles. The van der Waals surface area contributed by atoms with Crippen LogP contribution in [0.5, 0.6) is 0 Å². The van der Waals surface area contributed by atoms with Gasteiger partial charge in [0.05, 0.1) is 11.3 Å². The van der Waals surface area contributed by atoms with Gasteiger partial charge in [0.2, 0.25) is 10.0 Å². The maximum absolute atomic E-state index is 12.1. The van der Waals surface area contributed by atoms with Crippen molar-refractivity contribution in [1.29, 1.82) is 0 Å². The van der Waals surface area contributed by atoms with E-state index in [0.717, 1.165) is 4.31 Å². The van der Waals surface area contributed by atoms with Gasteiger partial charge in [-0.15, -0.1) is 0 Å². The fourth-order valence-electron chi connectivity index (χ4n) is 1.79. The molecule has 0 aliphatic rings. The van der Waals surface area contributed by atoms with E-state index in [1.165, 1.54) is 38.4 Å². The van der Waals surface area contributed by atoms with Crippen molar-refractivity contribution in [2.24, 2.45) is 0 Å². The molecule has 1 rings (SSSR count). The zero-order valence-electron chi connectivity index (χ0n) is 13.0. The van der Waals surface area contributed by atoms with Crippen LogP contribution in [0, 0.1) is 0 Å². The van der Waals surface area contributed by atoms with Gasteiger partial charge < -0.3 is 10.4 Å². The third kappa shape index (κ3) is 4.54. The molecule has 0 aromatic heterocycles. The lowest BCUT2D eigenvalue weighted by Crippen LogP contribution is -2.44. The summed E-state index contributed by atoms with van der Waals surface area (Å²) in [6, 6.07) is 5.47. The lowest BCUT2D eigenvalue weighted by Gasteiger charge is -2.24. The molecule has 0 atom stereocenters. The molecule has 0 heterocycles. The number of sulfonamides is 1. The normalized spacial score (nSPS) is 12.2. The summed E-state index contributed by atoms with van der Waals surface area (Å²) in [5.74, 6) is -1.47. The Kier molecular flexibility index (Phi) is 5.31. The number of aliphatic carboxylic acids is 1. The van der Waals surface area contributed by atoms with Gasteiger partial charge >= 0.3 is 5.97 Å². The zero-order chi connectivity index (χ0) is 17.1. The molecule has 0 saturated heterocycles. The van der Waals surface area contributed by atoms with E-state index in [1.807, 2.05) is 0 Å². The minimum atomic E-state index is -3.55. The van der Waals surface area contributed by atoms with Crippen LogP contribution in [-0.2, 0) is 14.8 Å². The van der Waals surface area contributed by atoms with Crippen LogP contribution in [-0.4, -0.2) is 49.3 Å². The number of carbonyl (C=O) groups excluding carboxylic acids is 1. The van der Waals surface area contributed by atoms with Gasteiger partial charge in [0.15, 0.2) is 0 Å². The second-order valence-electron chi connectivity index (χ2n) is 5.72. The summed E-state index contributed by atoms with van der Waals surface area (Å²) in [7, 11) is -0.704. The van der Waals surface area contributed by atoms with Gasteiger partial charge in [-0.25, -0.2) is 12.7 Å². The molecule has 0 unspecified atom stereocenters. The van der Waals surface area contributed by atoms with Crippen molar-refractivity contribution in [2.45, 2.75) is 30.7 Å². The molecule has 8 heteroatoms. The number of carboxylic acid groups (broad SMARTS) is 1. The SMILES string of the molecule is CN(C)S(=O)(=O)c1ccc(C(=O)NC(C)(C)CC(=O)O)cc1. The van der Waals surface area contributed by atoms with Crippen molar-refractivity contribution in [1.82, 2.24) is 9.62 Å². The fraction of sp³-hybridized carbons (Fsp3) is 0.429. The lowest BCUT2D eigenvalue weighted by atomic mass is 10.00. The summed E-state index contributed by atoms with van der Waals surface area (Å²) in [6.45, 7) is 3.20. The van der Waals surface area contributed by atoms with Crippen LogP contribution in [0.2, 0.25) is 0 Å². The topological polar surface area (TPSA) is 104 Å². The third-order valence-corrected chi connectivity index (χ3v) is 4.77. The van der Waals surface area contributed by atoms with E-state index >= 15 is 0 Å². The first-order chi connectivity index (χ1) is 9.95.